The van der Waals surface area contributed by atoms with E-state index in [4.69, 9.17) is 4.74 Å². The lowest BCUT2D eigenvalue weighted by molar-refractivity contribution is -0.158. The maximum atomic E-state index is 13.2. The van der Waals surface area contributed by atoms with Gasteiger partial charge in [-0.2, -0.15) is 0 Å². The number of carbonyl (C=O) groups excluding carboxylic acids is 1. The van der Waals surface area contributed by atoms with Gasteiger partial charge in [-0.05, 0) is 29.3 Å². The van der Waals surface area contributed by atoms with Crippen LogP contribution in [0.15, 0.2) is 89.4 Å². The predicted octanol–water partition coefficient (Wildman–Crippen LogP) is 5.25. The summed E-state index contributed by atoms with van der Waals surface area (Å²) in [4.78, 5) is 25.4. The number of ether oxygens (including phenoxy) is 1. The molecule has 3 aromatic carbocycles. The third-order valence-electron chi connectivity index (χ3n) is 5.49. The van der Waals surface area contributed by atoms with E-state index in [1.165, 1.54) is 0 Å². The molecule has 0 saturated heterocycles. The van der Waals surface area contributed by atoms with Crippen LogP contribution in [0.25, 0.3) is 0 Å². The Morgan fingerprint density at radius 2 is 1.31 bits per heavy atom. The van der Waals surface area contributed by atoms with Crippen molar-refractivity contribution in [3.8, 4) is 5.75 Å². The summed E-state index contributed by atoms with van der Waals surface area (Å²) >= 11 is 3.38. The number of aliphatic carboxylic acids is 1. The Morgan fingerprint density at radius 1 is 0.759 bits per heavy atom. The second kappa shape index (κ2) is 8.21. The van der Waals surface area contributed by atoms with Crippen molar-refractivity contribution >= 4 is 27.9 Å². The van der Waals surface area contributed by atoms with Crippen LogP contribution in [0, 0.1) is 11.8 Å². The number of carbonyl (C=O) groups is 2. The molecule has 5 heteroatoms. The largest absolute Gasteiger partial charge is 0.481 e. The molecule has 29 heavy (non-hydrogen) atoms. The Balaban J connectivity index is 1.72. The number of esters is 1. The molecule has 3 aromatic rings. The monoisotopic (exact) mass is 450 g/mol. The van der Waals surface area contributed by atoms with Crippen molar-refractivity contribution in [1.29, 1.82) is 0 Å². The van der Waals surface area contributed by atoms with Gasteiger partial charge in [0.1, 0.15) is 5.75 Å². The summed E-state index contributed by atoms with van der Waals surface area (Å²) in [5, 5.41) is 9.96. The van der Waals surface area contributed by atoms with Gasteiger partial charge in [0.2, 0.25) is 0 Å². The fourth-order valence-corrected chi connectivity index (χ4v) is 4.62. The molecule has 0 aliphatic heterocycles. The Morgan fingerprint density at radius 3 is 1.79 bits per heavy atom. The smallest absolute Gasteiger partial charge is 0.315 e. The Bertz CT molecular complexity index is 972. The van der Waals surface area contributed by atoms with Crippen molar-refractivity contribution in [2.45, 2.75) is 11.8 Å². The molecular formula is C24H19BrO4. The summed E-state index contributed by atoms with van der Waals surface area (Å²) < 4.78 is 6.47. The van der Waals surface area contributed by atoms with E-state index < -0.39 is 35.6 Å². The Hall–Kier alpha value is -2.92. The summed E-state index contributed by atoms with van der Waals surface area (Å²) in [5.74, 6) is -3.05. The third kappa shape index (κ3) is 3.83. The van der Waals surface area contributed by atoms with Crippen LogP contribution < -0.4 is 4.74 Å². The first kappa shape index (κ1) is 19.4. The van der Waals surface area contributed by atoms with E-state index in [0.29, 0.717) is 5.75 Å². The minimum atomic E-state index is -0.904. The van der Waals surface area contributed by atoms with Crippen molar-refractivity contribution in [1.82, 2.24) is 0 Å². The van der Waals surface area contributed by atoms with E-state index in [2.05, 4.69) is 15.9 Å². The number of hydrogen-bond donors (Lipinski definition) is 1. The molecule has 0 heterocycles. The first-order valence-electron chi connectivity index (χ1n) is 9.36. The standard InChI is InChI=1S/C24H19BrO4/c25-17-12-7-13-18(14-17)29-24(28)22-19(15-8-3-1-4-9-15)21(23(26)27)20(22)16-10-5-2-6-11-16/h1-14,19-22H,(H,26,27)/t19-,20-,21-,22-/m1/s1. The van der Waals surface area contributed by atoms with E-state index in [-0.39, 0.29) is 0 Å². The van der Waals surface area contributed by atoms with Crippen molar-refractivity contribution in [2.24, 2.45) is 11.8 Å². The third-order valence-corrected chi connectivity index (χ3v) is 5.98. The molecule has 1 saturated carbocycles. The van der Waals surface area contributed by atoms with Crippen LogP contribution in [-0.4, -0.2) is 17.0 Å². The SMILES string of the molecule is O=C(O)[C@H]1[C@@H](c2ccccc2)[C@H](C(=O)Oc2cccc(Br)c2)[C@@H]1c1ccccc1. The molecule has 0 bridgehead atoms. The highest BCUT2D eigenvalue weighted by atomic mass is 79.9. The molecule has 1 aliphatic carbocycles. The van der Waals surface area contributed by atoms with Gasteiger partial charge in [-0.3, -0.25) is 9.59 Å². The van der Waals surface area contributed by atoms with Crippen LogP contribution in [0.3, 0.4) is 0 Å². The van der Waals surface area contributed by atoms with E-state index in [1.807, 2.05) is 66.7 Å². The maximum Gasteiger partial charge on any atom is 0.315 e. The quantitative estimate of drug-likeness (QED) is 0.425. The van der Waals surface area contributed by atoms with Crippen molar-refractivity contribution < 1.29 is 19.4 Å². The highest BCUT2D eigenvalue weighted by molar-refractivity contribution is 9.10. The molecule has 0 unspecified atom stereocenters. The summed E-state index contributed by atoms with van der Waals surface area (Å²) in [5.41, 5.74) is 1.67. The molecule has 1 aliphatic rings. The number of carboxylic acid groups (broad SMARTS) is 1. The first-order chi connectivity index (χ1) is 14.1. The minimum Gasteiger partial charge on any atom is -0.481 e. The molecule has 4 nitrogen and oxygen atoms in total. The molecule has 0 aromatic heterocycles. The number of rotatable bonds is 5. The number of carboxylic acids is 1. The highest BCUT2D eigenvalue weighted by Crippen LogP contribution is 2.58. The zero-order valence-electron chi connectivity index (χ0n) is 15.4. The van der Waals surface area contributed by atoms with Crippen LogP contribution in [-0.2, 0) is 9.59 Å². The summed E-state index contributed by atoms with van der Waals surface area (Å²) in [7, 11) is 0. The van der Waals surface area contributed by atoms with Crippen molar-refractivity contribution in [3.05, 3.63) is 101 Å². The maximum absolute atomic E-state index is 13.2. The summed E-state index contributed by atoms with van der Waals surface area (Å²) in [6.07, 6.45) is 0. The van der Waals surface area contributed by atoms with Crippen LogP contribution in [0.5, 0.6) is 5.75 Å². The van der Waals surface area contributed by atoms with Gasteiger partial charge >= 0.3 is 11.9 Å². The van der Waals surface area contributed by atoms with Gasteiger partial charge in [-0.15, -0.1) is 0 Å². The van der Waals surface area contributed by atoms with Gasteiger partial charge in [-0.25, -0.2) is 0 Å². The van der Waals surface area contributed by atoms with E-state index in [9.17, 15) is 14.7 Å². The average Bonchev–Trinajstić information content (AvgIpc) is 2.68. The van der Waals surface area contributed by atoms with Crippen LogP contribution >= 0.6 is 15.9 Å². The molecule has 4 rings (SSSR count). The van der Waals surface area contributed by atoms with Crippen LogP contribution in [0.2, 0.25) is 0 Å². The predicted molar refractivity (Wildman–Crippen MR) is 113 cm³/mol. The zero-order valence-corrected chi connectivity index (χ0v) is 17.0. The Kier molecular flexibility index (Phi) is 5.49. The number of benzene rings is 3. The lowest BCUT2D eigenvalue weighted by Crippen LogP contribution is -2.52. The number of halogens is 1. The molecule has 2 atom stereocenters. The lowest BCUT2D eigenvalue weighted by atomic mass is 9.52. The normalized spacial score (nSPS) is 23.1. The summed E-state index contributed by atoms with van der Waals surface area (Å²) in [6.45, 7) is 0. The highest BCUT2D eigenvalue weighted by Gasteiger charge is 2.59. The Labute approximate surface area is 177 Å². The van der Waals surface area contributed by atoms with Crippen LogP contribution in [0.4, 0.5) is 0 Å². The van der Waals surface area contributed by atoms with E-state index >= 15 is 0 Å². The topological polar surface area (TPSA) is 63.6 Å². The van der Waals surface area contributed by atoms with Gasteiger partial charge < -0.3 is 9.84 Å². The van der Waals surface area contributed by atoms with Gasteiger partial charge in [-0.1, -0.05) is 82.7 Å². The average molecular weight is 451 g/mol. The second-order valence-electron chi connectivity index (χ2n) is 7.14. The molecule has 0 amide bonds. The van der Waals surface area contributed by atoms with Crippen molar-refractivity contribution in [3.63, 3.8) is 0 Å². The second-order valence-corrected chi connectivity index (χ2v) is 8.06. The van der Waals surface area contributed by atoms with Gasteiger partial charge in [0.25, 0.3) is 0 Å². The molecule has 0 radical (unpaired) electrons. The molecule has 1 fully saturated rings. The van der Waals surface area contributed by atoms with Gasteiger partial charge in [0.15, 0.2) is 0 Å². The minimum absolute atomic E-state index is 0.414. The van der Waals surface area contributed by atoms with E-state index in [0.717, 1.165) is 15.6 Å². The first-order valence-corrected chi connectivity index (χ1v) is 10.2. The van der Waals surface area contributed by atoms with Crippen molar-refractivity contribution in [2.75, 3.05) is 0 Å². The van der Waals surface area contributed by atoms with Gasteiger partial charge in [0.05, 0.1) is 11.8 Å². The molecule has 1 N–H and O–H groups in total. The number of hydrogen-bond acceptors (Lipinski definition) is 3. The van der Waals surface area contributed by atoms with Gasteiger partial charge in [0, 0.05) is 16.3 Å². The molecular weight excluding hydrogens is 432 g/mol. The molecule has 0 spiro atoms. The lowest BCUT2D eigenvalue weighted by Gasteiger charge is -2.48. The fourth-order valence-electron chi connectivity index (χ4n) is 4.24. The molecule has 146 valence electrons. The van der Waals surface area contributed by atoms with E-state index in [1.54, 1.807) is 18.2 Å². The van der Waals surface area contributed by atoms with Crippen LogP contribution in [0.1, 0.15) is 23.0 Å². The zero-order chi connectivity index (χ0) is 20.4. The fraction of sp³-hybridized carbons (Fsp3) is 0.167. The summed E-state index contributed by atoms with van der Waals surface area (Å²) in [6, 6.07) is 25.8.